The van der Waals surface area contributed by atoms with E-state index in [0.717, 1.165) is 24.3 Å². The van der Waals surface area contributed by atoms with Crippen molar-refractivity contribution in [2.24, 2.45) is 5.92 Å². The fourth-order valence-electron chi connectivity index (χ4n) is 2.35. The van der Waals surface area contributed by atoms with Crippen molar-refractivity contribution < 1.29 is 0 Å². The summed E-state index contributed by atoms with van der Waals surface area (Å²) in [4.78, 5) is 4.61. The molecule has 0 aliphatic carbocycles. The maximum absolute atomic E-state index is 4.61. The fourth-order valence-corrected chi connectivity index (χ4v) is 2.35. The Hall–Kier alpha value is -1.67. The zero-order valence-electron chi connectivity index (χ0n) is 12.9. The molecule has 2 nitrogen and oxygen atoms in total. The molecule has 2 rings (SSSR count). The molecule has 2 heteroatoms. The largest absolute Gasteiger partial charge is 0.313 e. The summed E-state index contributed by atoms with van der Waals surface area (Å²) in [6.45, 7) is 10.6. The van der Waals surface area contributed by atoms with Gasteiger partial charge in [0.15, 0.2) is 0 Å². The average Bonchev–Trinajstić information content (AvgIpc) is 2.42. The molecule has 1 aromatic heterocycles. The van der Waals surface area contributed by atoms with Crippen molar-refractivity contribution in [1.82, 2.24) is 10.3 Å². The van der Waals surface area contributed by atoms with Gasteiger partial charge in [0.2, 0.25) is 0 Å². The third kappa shape index (κ3) is 3.45. The van der Waals surface area contributed by atoms with Crippen LogP contribution in [0.2, 0.25) is 0 Å². The van der Waals surface area contributed by atoms with E-state index in [1.165, 1.54) is 16.5 Å². The number of aromatic nitrogens is 1. The summed E-state index contributed by atoms with van der Waals surface area (Å²) in [5, 5.41) is 4.66. The van der Waals surface area contributed by atoms with Gasteiger partial charge >= 0.3 is 0 Å². The lowest BCUT2D eigenvalue weighted by atomic mass is 9.98. The summed E-state index contributed by atoms with van der Waals surface area (Å²) in [5.41, 5.74) is 4.85. The van der Waals surface area contributed by atoms with Crippen LogP contribution in [0.25, 0.3) is 17.0 Å². The van der Waals surface area contributed by atoms with Gasteiger partial charge in [-0.1, -0.05) is 50.6 Å². The quantitative estimate of drug-likeness (QED) is 0.879. The third-order valence-corrected chi connectivity index (χ3v) is 3.54. The van der Waals surface area contributed by atoms with E-state index in [2.05, 4.69) is 68.3 Å². The number of para-hydroxylation sites is 1. The molecular weight excluding hydrogens is 244 g/mol. The van der Waals surface area contributed by atoms with Crippen molar-refractivity contribution in [3.05, 3.63) is 47.2 Å². The van der Waals surface area contributed by atoms with Gasteiger partial charge in [0, 0.05) is 17.6 Å². The smallest absolute Gasteiger partial charge is 0.0711 e. The molecule has 1 aromatic carbocycles. The van der Waals surface area contributed by atoms with Crippen LogP contribution in [0.15, 0.2) is 35.9 Å². The van der Waals surface area contributed by atoms with E-state index in [9.17, 15) is 0 Å². The molecule has 0 amide bonds. The van der Waals surface area contributed by atoms with Crippen molar-refractivity contribution >= 4 is 17.0 Å². The second kappa shape index (κ2) is 6.67. The summed E-state index contributed by atoms with van der Waals surface area (Å²) in [5.74, 6) is 0.543. The first-order valence-corrected chi connectivity index (χ1v) is 7.39. The molecule has 0 aliphatic rings. The lowest BCUT2D eigenvalue weighted by molar-refractivity contribution is 0.682. The molecule has 0 fully saturated rings. The van der Waals surface area contributed by atoms with Crippen molar-refractivity contribution in [1.29, 1.82) is 0 Å². The van der Waals surface area contributed by atoms with Crippen molar-refractivity contribution in [3.8, 4) is 0 Å². The highest BCUT2D eigenvalue weighted by atomic mass is 14.8. The minimum absolute atomic E-state index is 0.543. The molecule has 0 aliphatic heterocycles. The Bertz CT molecular complexity index is 612. The Morgan fingerprint density at radius 2 is 2.05 bits per heavy atom. The molecule has 0 unspecified atom stereocenters. The molecule has 0 saturated heterocycles. The molecule has 0 saturated carbocycles. The van der Waals surface area contributed by atoms with Gasteiger partial charge < -0.3 is 5.32 Å². The molecule has 2 aromatic rings. The summed E-state index contributed by atoms with van der Waals surface area (Å²) in [7, 11) is 0. The Morgan fingerprint density at radius 3 is 2.75 bits per heavy atom. The number of benzene rings is 1. The highest BCUT2D eigenvalue weighted by Crippen LogP contribution is 2.22. The average molecular weight is 268 g/mol. The topological polar surface area (TPSA) is 24.9 Å². The van der Waals surface area contributed by atoms with Crippen LogP contribution in [0.5, 0.6) is 0 Å². The molecular formula is C18H24N2. The Morgan fingerprint density at radius 1 is 1.30 bits per heavy atom. The Kier molecular flexibility index (Phi) is 4.91. The van der Waals surface area contributed by atoms with Crippen LogP contribution < -0.4 is 5.32 Å². The number of likely N-dealkylation sites (N-methyl/N-ethyl adjacent to an activating group) is 1. The van der Waals surface area contributed by atoms with E-state index in [1.54, 1.807) is 0 Å². The highest BCUT2D eigenvalue weighted by molar-refractivity contribution is 5.88. The molecule has 0 atom stereocenters. The SMILES string of the molecule is CCNCC(=Cc1cc(C)nc2ccccc12)C(C)C. The molecule has 0 bridgehead atoms. The van der Waals surface area contributed by atoms with Crippen LogP contribution in [0, 0.1) is 12.8 Å². The van der Waals surface area contributed by atoms with E-state index in [1.807, 2.05) is 6.07 Å². The number of pyridine rings is 1. The molecule has 0 spiro atoms. The van der Waals surface area contributed by atoms with Crippen LogP contribution in [0.1, 0.15) is 32.0 Å². The van der Waals surface area contributed by atoms with E-state index in [-0.39, 0.29) is 0 Å². The number of rotatable bonds is 5. The lowest BCUT2D eigenvalue weighted by Crippen LogP contribution is -2.18. The Balaban J connectivity index is 2.49. The third-order valence-electron chi connectivity index (χ3n) is 3.54. The lowest BCUT2D eigenvalue weighted by Gasteiger charge is -2.13. The zero-order valence-corrected chi connectivity index (χ0v) is 12.9. The minimum atomic E-state index is 0.543. The van der Waals surface area contributed by atoms with Gasteiger partial charge in [-0.3, -0.25) is 4.98 Å². The Labute approximate surface area is 121 Å². The first-order valence-electron chi connectivity index (χ1n) is 7.39. The van der Waals surface area contributed by atoms with Crippen LogP contribution in [0.3, 0.4) is 0 Å². The number of hydrogen-bond acceptors (Lipinski definition) is 2. The first kappa shape index (κ1) is 14.7. The first-order chi connectivity index (χ1) is 9.61. The normalized spacial score (nSPS) is 12.3. The fraction of sp³-hybridized carbons (Fsp3) is 0.389. The molecule has 0 radical (unpaired) electrons. The zero-order chi connectivity index (χ0) is 14.5. The van der Waals surface area contributed by atoms with Crippen LogP contribution in [-0.4, -0.2) is 18.1 Å². The monoisotopic (exact) mass is 268 g/mol. The van der Waals surface area contributed by atoms with Crippen LogP contribution in [0.4, 0.5) is 0 Å². The summed E-state index contributed by atoms with van der Waals surface area (Å²) in [6.07, 6.45) is 2.32. The number of nitrogens with one attached hydrogen (secondary N) is 1. The van der Waals surface area contributed by atoms with E-state index < -0.39 is 0 Å². The van der Waals surface area contributed by atoms with Gasteiger partial charge in [-0.2, -0.15) is 0 Å². The highest BCUT2D eigenvalue weighted by Gasteiger charge is 2.06. The van der Waals surface area contributed by atoms with Crippen molar-refractivity contribution in [2.45, 2.75) is 27.7 Å². The van der Waals surface area contributed by atoms with Crippen molar-refractivity contribution in [2.75, 3.05) is 13.1 Å². The van der Waals surface area contributed by atoms with Gasteiger partial charge in [0.1, 0.15) is 0 Å². The van der Waals surface area contributed by atoms with Gasteiger partial charge in [-0.25, -0.2) is 0 Å². The minimum Gasteiger partial charge on any atom is -0.313 e. The summed E-state index contributed by atoms with van der Waals surface area (Å²) < 4.78 is 0. The van der Waals surface area contributed by atoms with Gasteiger partial charge in [0.25, 0.3) is 0 Å². The van der Waals surface area contributed by atoms with Gasteiger partial charge in [-0.15, -0.1) is 0 Å². The van der Waals surface area contributed by atoms with Crippen LogP contribution in [-0.2, 0) is 0 Å². The maximum atomic E-state index is 4.61. The molecule has 1 heterocycles. The maximum Gasteiger partial charge on any atom is 0.0711 e. The molecule has 20 heavy (non-hydrogen) atoms. The summed E-state index contributed by atoms with van der Waals surface area (Å²) >= 11 is 0. The van der Waals surface area contributed by atoms with Gasteiger partial charge in [-0.05, 0) is 37.1 Å². The molecule has 1 N–H and O–H groups in total. The number of aryl methyl sites for hydroxylation is 1. The standard InChI is InChI=1S/C18H24N2/c1-5-19-12-16(13(2)3)11-15-10-14(4)20-18-9-7-6-8-17(15)18/h6-11,13,19H,5,12H2,1-4H3. The number of fused-ring (bicyclic) bond motifs is 1. The summed E-state index contributed by atoms with van der Waals surface area (Å²) in [6, 6.07) is 10.5. The van der Waals surface area contributed by atoms with E-state index in [4.69, 9.17) is 0 Å². The second-order valence-electron chi connectivity index (χ2n) is 5.52. The van der Waals surface area contributed by atoms with Crippen molar-refractivity contribution in [3.63, 3.8) is 0 Å². The molecule has 106 valence electrons. The number of hydrogen-bond donors (Lipinski definition) is 1. The number of nitrogens with zero attached hydrogens (tertiary/aromatic N) is 1. The predicted molar refractivity (Wildman–Crippen MR) is 87.8 cm³/mol. The van der Waals surface area contributed by atoms with E-state index >= 15 is 0 Å². The second-order valence-corrected chi connectivity index (χ2v) is 5.52. The van der Waals surface area contributed by atoms with Crippen LogP contribution >= 0.6 is 0 Å². The van der Waals surface area contributed by atoms with E-state index in [0.29, 0.717) is 5.92 Å². The van der Waals surface area contributed by atoms with Gasteiger partial charge in [0.05, 0.1) is 5.52 Å². The predicted octanol–water partition coefficient (Wildman–Crippen LogP) is 4.19.